The molecule has 0 aromatic carbocycles. The zero-order valence-corrected chi connectivity index (χ0v) is 7.99. The average Bonchev–Trinajstić information content (AvgIpc) is 2.04. The summed E-state index contributed by atoms with van der Waals surface area (Å²) >= 11 is 2.63. The number of ether oxygens (including phenoxy) is 1. The van der Waals surface area contributed by atoms with E-state index in [-0.39, 0.29) is 10.3 Å². The molecular formula is C6H3BrF4N2O. The fourth-order valence-corrected chi connectivity index (χ4v) is 1.04. The van der Waals surface area contributed by atoms with Crippen molar-refractivity contribution in [1.82, 2.24) is 4.98 Å². The van der Waals surface area contributed by atoms with Crippen LogP contribution in [-0.2, 0) is 0 Å². The normalized spacial score (nSPS) is 11.5. The molecule has 0 spiro atoms. The van der Waals surface area contributed by atoms with Crippen molar-refractivity contribution < 1.29 is 22.3 Å². The fourth-order valence-electron chi connectivity index (χ4n) is 0.672. The molecular weight excluding hydrogens is 272 g/mol. The molecule has 0 amide bonds. The van der Waals surface area contributed by atoms with Gasteiger partial charge in [0.25, 0.3) is 0 Å². The highest BCUT2D eigenvalue weighted by Gasteiger charge is 2.34. The molecule has 0 saturated heterocycles. The second-order valence-corrected chi connectivity index (χ2v) is 2.98. The number of hydrogen-bond donors (Lipinski definition) is 1. The van der Waals surface area contributed by atoms with E-state index in [1.54, 1.807) is 0 Å². The van der Waals surface area contributed by atoms with Crippen molar-refractivity contribution in [3.05, 3.63) is 16.5 Å². The third-order valence-corrected chi connectivity index (χ3v) is 1.94. The topological polar surface area (TPSA) is 48.1 Å². The first kappa shape index (κ1) is 11.0. The third-order valence-electron chi connectivity index (χ3n) is 1.18. The van der Waals surface area contributed by atoms with E-state index in [9.17, 15) is 17.6 Å². The molecule has 0 radical (unpaired) electrons. The quantitative estimate of drug-likeness (QED) is 0.801. The van der Waals surface area contributed by atoms with Gasteiger partial charge in [-0.3, -0.25) is 0 Å². The predicted molar refractivity (Wildman–Crippen MR) is 43.0 cm³/mol. The second-order valence-electron chi connectivity index (χ2n) is 2.18. The van der Waals surface area contributed by atoms with E-state index in [1.807, 2.05) is 0 Å². The Morgan fingerprint density at radius 1 is 1.43 bits per heavy atom. The molecule has 78 valence electrons. The van der Waals surface area contributed by atoms with Crippen molar-refractivity contribution in [2.45, 2.75) is 6.36 Å². The summed E-state index contributed by atoms with van der Waals surface area (Å²) in [5.41, 5.74) is 5.14. The van der Waals surface area contributed by atoms with Crippen LogP contribution in [0.15, 0.2) is 10.7 Å². The lowest BCUT2D eigenvalue weighted by Gasteiger charge is -2.11. The summed E-state index contributed by atoms with van der Waals surface area (Å²) in [6.45, 7) is 0. The molecule has 2 N–H and O–H groups in total. The zero-order chi connectivity index (χ0) is 10.9. The summed E-state index contributed by atoms with van der Waals surface area (Å²) in [4.78, 5) is 3.28. The Bertz CT molecular complexity index is 354. The number of pyridine rings is 1. The van der Waals surface area contributed by atoms with Crippen LogP contribution in [0.1, 0.15) is 0 Å². The molecule has 1 rings (SSSR count). The lowest BCUT2D eigenvalue weighted by atomic mass is 10.4. The number of halogens is 5. The third kappa shape index (κ3) is 2.47. The highest BCUT2D eigenvalue weighted by Crippen LogP contribution is 2.35. The van der Waals surface area contributed by atoms with Crippen LogP contribution in [0.2, 0.25) is 0 Å². The molecule has 0 aliphatic carbocycles. The molecule has 0 fully saturated rings. The van der Waals surface area contributed by atoms with E-state index in [4.69, 9.17) is 5.73 Å². The van der Waals surface area contributed by atoms with E-state index in [2.05, 4.69) is 25.7 Å². The van der Waals surface area contributed by atoms with Gasteiger partial charge in [0, 0.05) is 0 Å². The minimum absolute atomic E-state index is 0.286. The van der Waals surface area contributed by atoms with Crippen molar-refractivity contribution in [2.75, 3.05) is 5.73 Å². The summed E-state index contributed by atoms with van der Waals surface area (Å²) in [5, 5.41) is 0. The molecule has 0 aliphatic heterocycles. The van der Waals surface area contributed by atoms with Crippen LogP contribution in [0.3, 0.4) is 0 Å². The Morgan fingerprint density at radius 3 is 2.50 bits per heavy atom. The Labute approximate surface area is 84.0 Å². The van der Waals surface area contributed by atoms with Crippen LogP contribution in [0.25, 0.3) is 0 Å². The first-order chi connectivity index (χ1) is 6.31. The van der Waals surface area contributed by atoms with Crippen molar-refractivity contribution in [1.29, 1.82) is 0 Å². The predicted octanol–water partition coefficient (Wildman–Crippen LogP) is 2.46. The first-order valence-electron chi connectivity index (χ1n) is 3.16. The number of nitrogens with two attached hydrogens (primary N) is 1. The maximum Gasteiger partial charge on any atom is 0.573 e. The van der Waals surface area contributed by atoms with Gasteiger partial charge >= 0.3 is 6.36 Å². The van der Waals surface area contributed by atoms with Gasteiger partial charge < -0.3 is 10.5 Å². The SMILES string of the molecule is Nc1ncc(F)c(OC(F)(F)F)c1Br. The molecule has 14 heavy (non-hydrogen) atoms. The number of nitrogen functional groups attached to an aromatic ring is 1. The first-order valence-corrected chi connectivity index (χ1v) is 3.96. The molecule has 3 nitrogen and oxygen atoms in total. The van der Waals surface area contributed by atoms with Gasteiger partial charge in [-0.25, -0.2) is 9.37 Å². The van der Waals surface area contributed by atoms with E-state index in [1.165, 1.54) is 0 Å². The van der Waals surface area contributed by atoms with Crippen LogP contribution in [0.5, 0.6) is 5.75 Å². The Kier molecular flexibility index (Phi) is 2.84. The van der Waals surface area contributed by atoms with Crippen LogP contribution in [0, 0.1) is 5.82 Å². The fraction of sp³-hybridized carbons (Fsp3) is 0.167. The zero-order valence-electron chi connectivity index (χ0n) is 6.40. The summed E-state index contributed by atoms with van der Waals surface area (Å²) < 4.78 is 51.1. The van der Waals surface area contributed by atoms with Crippen molar-refractivity contribution in [3.63, 3.8) is 0 Å². The van der Waals surface area contributed by atoms with Crippen LogP contribution < -0.4 is 10.5 Å². The summed E-state index contributed by atoms with van der Waals surface area (Å²) in [6, 6.07) is 0. The average molecular weight is 275 g/mol. The van der Waals surface area contributed by atoms with E-state index in [0.717, 1.165) is 0 Å². The lowest BCUT2D eigenvalue weighted by molar-refractivity contribution is -0.275. The number of anilines is 1. The van der Waals surface area contributed by atoms with Gasteiger partial charge in [-0.05, 0) is 15.9 Å². The molecule has 8 heteroatoms. The van der Waals surface area contributed by atoms with E-state index in [0.29, 0.717) is 6.20 Å². The largest absolute Gasteiger partial charge is 0.573 e. The van der Waals surface area contributed by atoms with Gasteiger partial charge in [-0.1, -0.05) is 0 Å². The minimum atomic E-state index is -4.98. The smallest absolute Gasteiger partial charge is 0.401 e. The van der Waals surface area contributed by atoms with Gasteiger partial charge in [-0.15, -0.1) is 13.2 Å². The van der Waals surface area contributed by atoms with Crippen molar-refractivity contribution >= 4 is 21.7 Å². The summed E-state index contributed by atoms with van der Waals surface area (Å²) in [5.74, 6) is -2.56. The Hall–Kier alpha value is -1.05. The Balaban J connectivity index is 3.13. The van der Waals surface area contributed by atoms with E-state index >= 15 is 0 Å². The molecule has 0 saturated carbocycles. The van der Waals surface area contributed by atoms with Gasteiger partial charge in [0.2, 0.25) is 0 Å². The van der Waals surface area contributed by atoms with Crippen molar-refractivity contribution in [2.24, 2.45) is 0 Å². The monoisotopic (exact) mass is 274 g/mol. The van der Waals surface area contributed by atoms with Crippen LogP contribution in [0.4, 0.5) is 23.4 Å². The highest BCUT2D eigenvalue weighted by atomic mass is 79.9. The maximum atomic E-state index is 12.8. The molecule has 0 aliphatic rings. The molecule has 0 bridgehead atoms. The van der Waals surface area contributed by atoms with Crippen LogP contribution in [-0.4, -0.2) is 11.3 Å². The lowest BCUT2D eigenvalue weighted by Crippen LogP contribution is -2.18. The van der Waals surface area contributed by atoms with Gasteiger partial charge in [0.05, 0.1) is 6.20 Å². The second kappa shape index (κ2) is 3.60. The molecule has 0 unspecified atom stereocenters. The van der Waals surface area contributed by atoms with Gasteiger partial charge in [0.1, 0.15) is 10.3 Å². The van der Waals surface area contributed by atoms with Gasteiger partial charge in [-0.2, -0.15) is 0 Å². The number of aromatic nitrogens is 1. The number of alkyl halides is 3. The molecule has 1 aromatic rings. The summed E-state index contributed by atoms with van der Waals surface area (Å²) in [6.07, 6.45) is -4.43. The molecule has 0 atom stereocenters. The van der Waals surface area contributed by atoms with Crippen LogP contribution >= 0.6 is 15.9 Å². The maximum absolute atomic E-state index is 12.8. The van der Waals surface area contributed by atoms with E-state index < -0.39 is 17.9 Å². The number of rotatable bonds is 1. The number of hydrogen-bond acceptors (Lipinski definition) is 3. The van der Waals surface area contributed by atoms with Gasteiger partial charge in [0.15, 0.2) is 11.6 Å². The van der Waals surface area contributed by atoms with Crippen molar-refractivity contribution in [3.8, 4) is 5.75 Å². The summed E-state index contributed by atoms with van der Waals surface area (Å²) in [7, 11) is 0. The molecule has 1 heterocycles. The number of nitrogens with zero attached hydrogens (tertiary/aromatic N) is 1. The molecule has 1 aromatic heterocycles. The highest BCUT2D eigenvalue weighted by molar-refractivity contribution is 9.10. The minimum Gasteiger partial charge on any atom is -0.401 e. The Morgan fingerprint density at radius 2 is 2.00 bits per heavy atom. The standard InChI is InChI=1S/C6H3BrF4N2O/c7-3-4(14-6(9,10)11)2(8)1-13-5(3)12/h1H,(H2,12,13).